The number of carbonyl (C=O) groups excluding carboxylic acids is 1. The molecule has 0 aromatic heterocycles. The Labute approximate surface area is 171 Å². The van der Waals surface area contributed by atoms with Gasteiger partial charge in [0.2, 0.25) is 0 Å². The Balaban J connectivity index is 1.74. The highest BCUT2D eigenvalue weighted by Crippen LogP contribution is 2.30. The van der Waals surface area contributed by atoms with Gasteiger partial charge in [0.1, 0.15) is 0 Å². The summed E-state index contributed by atoms with van der Waals surface area (Å²) in [5, 5.41) is 3.02. The summed E-state index contributed by atoms with van der Waals surface area (Å²) in [4.78, 5) is 14.2. The summed E-state index contributed by atoms with van der Waals surface area (Å²) >= 11 is 0. The molecule has 0 unspecified atom stereocenters. The van der Waals surface area contributed by atoms with Crippen molar-refractivity contribution >= 4 is 31.3 Å². The Bertz CT molecular complexity index is 1100. The lowest BCUT2D eigenvalue weighted by atomic mass is 10.0. The highest BCUT2D eigenvalue weighted by Gasteiger charge is 2.26. The molecule has 1 N–H and O–H groups in total. The average molecular weight is 437 g/mol. The van der Waals surface area contributed by atoms with Gasteiger partial charge in [-0.15, -0.1) is 0 Å². The maximum atomic E-state index is 12.3. The fourth-order valence-electron chi connectivity index (χ4n) is 3.41. The smallest absolute Gasteiger partial charge is 0.251 e. The molecular formula is C20H24N2O5S2. The minimum Gasteiger partial charge on any atom is -0.370 e. The molecule has 156 valence electrons. The molecule has 2 aromatic rings. The number of benzene rings is 2. The lowest BCUT2D eigenvalue weighted by Crippen LogP contribution is -2.45. The first-order valence-electron chi connectivity index (χ1n) is 9.21. The molecule has 2 aromatic carbocycles. The third kappa shape index (κ3) is 5.16. The number of anilines is 1. The van der Waals surface area contributed by atoms with E-state index in [0.29, 0.717) is 37.2 Å². The maximum Gasteiger partial charge on any atom is 0.251 e. The van der Waals surface area contributed by atoms with Crippen LogP contribution in [0.25, 0.3) is 0 Å². The molecule has 3 rings (SSSR count). The topological polar surface area (TPSA) is 101 Å². The van der Waals surface area contributed by atoms with E-state index in [4.69, 9.17) is 0 Å². The summed E-state index contributed by atoms with van der Waals surface area (Å²) < 4.78 is 48.2. The van der Waals surface area contributed by atoms with Crippen LogP contribution in [0.5, 0.6) is 0 Å². The van der Waals surface area contributed by atoms with Crippen LogP contribution in [0.2, 0.25) is 0 Å². The highest BCUT2D eigenvalue weighted by atomic mass is 32.2. The van der Waals surface area contributed by atoms with Crippen molar-refractivity contribution in [3.05, 3.63) is 54.1 Å². The van der Waals surface area contributed by atoms with Gasteiger partial charge in [0.15, 0.2) is 19.7 Å². The van der Waals surface area contributed by atoms with E-state index in [0.717, 1.165) is 12.5 Å². The highest BCUT2D eigenvalue weighted by molar-refractivity contribution is 7.91. The lowest BCUT2D eigenvalue weighted by Gasteiger charge is -2.35. The van der Waals surface area contributed by atoms with Gasteiger partial charge < -0.3 is 10.2 Å². The molecule has 1 saturated heterocycles. The van der Waals surface area contributed by atoms with E-state index >= 15 is 0 Å². The molecule has 0 spiro atoms. The van der Waals surface area contributed by atoms with Crippen LogP contribution in [0.4, 0.5) is 5.69 Å². The standard InChI is InChI=1S/C20H24N2O5S2/c1-28(24,25)17-8-9-18(19(14-17)29(2,26)27)22-12-10-16(11-13-22)21-20(23)15-6-4-3-5-7-15/h3-9,14,16H,10-13H2,1-2H3,(H,21,23). The first-order valence-corrected chi connectivity index (χ1v) is 13.0. The molecule has 1 aliphatic rings. The number of rotatable bonds is 5. The predicted molar refractivity (Wildman–Crippen MR) is 112 cm³/mol. The van der Waals surface area contributed by atoms with Gasteiger partial charge in [0.05, 0.1) is 15.5 Å². The van der Waals surface area contributed by atoms with Gasteiger partial charge in [-0.3, -0.25) is 4.79 Å². The number of hydrogen-bond donors (Lipinski definition) is 1. The van der Waals surface area contributed by atoms with Crippen LogP contribution in [-0.2, 0) is 19.7 Å². The monoisotopic (exact) mass is 436 g/mol. The maximum absolute atomic E-state index is 12.3. The summed E-state index contributed by atoms with van der Waals surface area (Å²) in [5.41, 5.74) is 1.10. The second-order valence-electron chi connectivity index (χ2n) is 7.27. The first kappa shape index (κ1) is 21.3. The molecule has 1 amide bonds. The molecule has 0 saturated carbocycles. The van der Waals surface area contributed by atoms with E-state index in [9.17, 15) is 21.6 Å². The van der Waals surface area contributed by atoms with Gasteiger partial charge >= 0.3 is 0 Å². The fraction of sp³-hybridized carbons (Fsp3) is 0.350. The molecule has 1 fully saturated rings. The van der Waals surface area contributed by atoms with Gasteiger partial charge in [-0.2, -0.15) is 0 Å². The SMILES string of the molecule is CS(=O)(=O)c1ccc(N2CCC(NC(=O)c3ccccc3)CC2)c(S(C)(=O)=O)c1. The Morgan fingerprint density at radius 3 is 2.10 bits per heavy atom. The normalized spacial score (nSPS) is 15.9. The van der Waals surface area contributed by atoms with E-state index in [1.807, 2.05) is 23.1 Å². The van der Waals surface area contributed by atoms with Crippen molar-refractivity contribution in [3.63, 3.8) is 0 Å². The zero-order valence-electron chi connectivity index (χ0n) is 16.3. The number of amides is 1. The van der Waals surface area contributed by atoms with Gasteiger partial charge in [0.25, 0.3) is 5.91 Å². The van der Waals surface area contributed by atoms with E-state index < -0.39 is 19.7 Å². The van der Waals surface area contributed by atoms with Crippen LogP contribution < -0.4 is 10.2 Å². The second-order valence-corrected chi connectivity index (χ2v) is 11.3. The van der Waals surface area contributed by atoms with E-state index in [1.54, 1.807) is 18.2 Å². The van der Waals surface area contributed by atoms with Crippen LogP contribution in [0.3, 0.4) is 0 Å². The van der Waals surface area contributed by atoms with Crippen LogP contribution in [-0.4, -0.2) is 54.4 Å². The molecule has 0 atom stereocenters. The molecule has 1 heterocycles. The number of nitrogens with zero attached hydrogens (tertiary/aromatic N) is 1. The second kappa shape index (κ2) is 8.16. The van der Waals surface area contributed by atoms with Gasteiger partial charge in [-0.1, -0.05) is 18.2 Å². The van der Waals surface area contributed by atoms with Crippen molar-refractivity contribution in [2.24, 2.45) is 0 Å². The predicted octanol–water partition coefficient (Wildman–Crippen LogP) is 1.89. The molecule has 1 aliphatic heterocycles. The Hall–Kier alpha value is -2.39. The van der Waals surface area contributed by atoms with Crippen molar-refractivity contribution in [2.75, 3.05) is 30.5 Å². The molecular weight excluding hydrogens is 412 g/mol. The van der Waals surface area contributed by atoms with Crippen molar-refractivity contribution in [1.82, 2.24) is 5.32 Å². The largest absolute Gasteiger partial charge is 0.370 e. The van der Waals surface area contributed by atoms with E-state index in [2.05, 4.69) is 5.32 Å². The summed E-state index contributed by atoms with van der Waals surface area (Å²) in [6.45, 7) is 1.11. The van der Waals surface area contributed by atoms with E-state index in [-0.39, 0.29) is 21.7 Å². The summed E-state index contributed by atoms with van der Waals surface area (Å²) in [6.07, 6.45) is 3.45. The Morgan fingerprint density at radius 2 is 1.55 bits per heavy atom. The van der Waals surface area contributed by atoms with Gasteiger partial charge in [-0.25, -0.2) is 16.8 Å². The van der Waals surface area contributed by atoms with Gasteiger partial charge in [0, 0.05) is 37.2 Å². The van der Waals surface area contributed by atoms with Crippen LogP contribution in [0, 0.1) is 0 Å². The third-order valence-corrected chi connectivity index (χ3v) is 7.20. The molecule has 0 bridgehead atoms. The summed E-state index contributed by atoms with van der Waals surface area (Å²) in [7, 11) is -7.12. The van der Waals surface area contributed by atoms with Gasteiger partial charge in [-0.05, 0) is 43.2 Å². The molecule has 9 heteroatoms. The van der Waals surface area contributed by atoms with Crippen molar-refractivity contribution in [1.29, 1.82) is 0 Å². The van der Waals surface area contributed by atoms with Crippen LogP contribution in [0.15, 0.2) is 58.3 Å². The number of nitrogens with one attached hydrogen (secondary N) is 1. The third-order valence-electron chi connectivity index (χ3n) is 4.97. The van der Waals surface area contributed by atoms with E-state index in [1.165, 1.54) is 12.1 Å². The average Bonchev–Trinajstić information content (AvgIpc) is 2.67. The van der Waals surface area contributed by atoms with Crippen LogP contribution in [0.1, 0.15) is 23.2 Å². The van der Waals surface area contributed by atoms with Crippen LogP contribution >= 0.6 is 0 Å². The molecule has 29 heavy (non-hydrogen) atoms. The first-order chi connectivity index (χ1) is 13.6. The zero-order valence-corrected chi connectivity index (χ0v) is 18.0. The van der Waals surface area contributed by atoms with Crippen molar-refractivity contribution in [3.8, 4) is 0 Å². The number of sulfone groups is 2. The minimum absolute atomic E-state index is 0.00377. The zero-order chi connectivity index (χ0) is 21.2. The molecule has 7 nitrogen and oxygen atoms in total. The number of hydrogen-bond acceptors (Lipinski definition) is 6. The minimum atomic E-state index is -3.61. The summed E-state index contributed by atoms with van der Waals surface area (Å²) in [6, 6.07) is 13.2. The lowest BCUT2D eigenvalue weighted by molar-refractivity contribution is 0.0931. The van der Waals surface area contributed by atoms with Crippen molar-refractivity contribution < 1.29 is 21.6 Å². The summed E-state index contributed by atoms with van der Waals surface area (Å²) in [5.74, 6) is -0.126. The number of carbonyl (C=O) groups is 1. The number of piperidine rings is 1. The fourth-order valence-corrected chi connectivity index (χ4v) is 5.05. The molecule has 0 aliphatic carbocycles. The van der Waals surface area contributed by atoms with Crippen molar-refractivity contribution in [2.45, 2.75) is 28.7 Å². The Kier molecular flexibility index (Phi) is 6.00. The Morgan fingerprint density at radius 1 is 0.931 bits per heavy atom. The quantitative estimate of drug-likeness (QED) is 0.768. The molecule has 0 radical (unpaired) electrons.